The molecule has 0 radical (unpaired) electrons. The summed E-state index contributed by atoms with van der Waals surface area (Å²) in [7, 11) is 1.47. The Morgan fingerprint density at radius 1 is 1.29 bits per heavy atom. The third-order valence-corrected chi connectivity index (χ3v) is 3.93. The van der Waals surface area contributed by atoms with E-state index in [9.17, 15) is 14.7 Å². The van der Waals surface area contributed by atoms with Crippen LogP contribution in [0.3, 0.4) is 0 Å². The van der Waals surface area contributed by atoms with E-state index >= 15 is 0 Å². The minimum absolute atomic E-state index is 0.0475. The molecule has 1 aromatic rings. The second-order valence-corrected chi connectivity index (χ2v) is 5.47. The van der Waals surface area contributed by atoms with E-state index in [2.05, 4.69) is 5.32 Å². The normalized spacial score (nSPS) is 15.5. The molecule has 21 heavy (non-hydrogen) atoms. The second kappa shape index (κ2) is 7.11. The molecule has 2 N–H and O–H groups in total. The second-order valence-electron chi connectivity index (χ2n) is 5.47. The summed E-state index contributed by atoms with van der Waals surface area (Å²) in [4.78, 5) is 23.3. The highest BCUT2D eigenvalue weighted by Crippen LogP contribution is 2.27. The predicted molar refractivity (Wildman–Crippen MR) is 79.8 cm³/mol. The largest absolute Gasteiger partial charge is 0.497 e. The van der Waals surface area contributed by atoms with E-state index in [-0.39, 0.29) is 11.5 Å². The summed E-state index contributed by atoms with van der Waals surface area (Å²) in [5.41, 5.74) is 0.371. The number of hydrogen-bond donors (Lipinski definition) is 2. The van der Waals surface area contributed by atoms with Crippen molar-refractivity contribution >= 4 is 17.6 Å². The van der Waals surface area contributed by atoms with Gasteiger partial charge in [0.05, 0.1) is 18.4 Å². The van der Waals surface area contributed by atoms with Crippen LogP contribution in [0, 0.1) is 5.92 Å². The maximum absolute atomic E-state index is 12.1. The fourth-order valence-electron chi connectivity index (χ4n) is 2.79. The van der Waals surface area contributed by atoms with E-state index in [1.54, 1.807) is 12.1 Å². The van der Waals surface area contributed by atoms with Crippen LogP contribution in [-0.4, -0.2) is 24.1 Å². The number of nitrogens with one attached hydrogen (secondary N) is 1. The summed E-state index contributed by atoms with van der Waals surface area (Å²) in [5, 5.41) is 11.9. The van der Waals surface area contributed by atoms with Crippen LogP contribution in [0.1, 0.15) is 48.9 Å². The van der Waals surface area contributed by atoms with Crippen LogP contribution in [-0.2, 0) is 4.79 Å². The fourth-order valence-corrected chi connectivity index (χ4v) is 2.79. The number of carboxylic acids is 1. The first kappa shape index (κ1) is 15.4. The standard InChI is InChI=1S/C16H21NO4/c1-21-12-7-8-14(13(10-12)16(19)20)17-15(18)9-11-5-3-2-4-6-11/h7-8,10-11H,2-6,9H2,1H3,(H,17,18)(H,19,20). The average molecular weight is 291 g/mol. The highest BCUT2D eigenvalue weighted by Gasteiger charge is 2.19. The van der Waals surface area contributed by atoms with E-state index in [0.29, 0.717) is 23.8 Å². The Balaban J connectivity index is 2.04. The van der Waals surface area contributed by atoms with Crippen LogP contribution < -0.4 is 10.1 Å². The summed E-state index contributed by atoms with van der Waals surface area (Å²) in [6.45, 7) is 0. The quantitative estimate of drug-likeness (QED) is 0.872. The Bertz CT molecular complexity index is 521. The number of methoxy groups -OCH3 is 1. The Labute approximate surface area is 124 Å². The fraction of sp³-hybridized carbons (Fsp3) is 0.500. The summed E-state index contributed by atoms with van der Waals surface area (Å²) in [6.07, 6.45) is 6.25. The molecule has 0 aromatic heterocycles. The average Bonchev–Trinajstić information content (AvgIpc) is 2.48. The van der Waals surface area contributed by atoms with Gasteiger partial charge in [-0.1, -0.05) is 19.3 Å². The monoisotopic (exact) mass is 291 g/mol. The van der Waals surface area contributed by atoms with Crippen LogP contribution in [0.15, 0.2) is 18.2 Å². The van der Waals surface area contributed by atoms with Crippen LogP contribution in [0.2, 0.25) is 0 Å². The number of carbonyl (C=O) groups is 2. The van der Waals surface area contributed by atoms with Crippen molar-refractivity contribution < 1.29 is 19.4 Å². The van der Waals surface area contributed by atoms with Crippen molar-refractivity contribution in [3.63, 3.8) is 0 Å². The van der Waals surface area contributed by atoms with Gasteiger partial charge in [-0.05, 0) is 37.0 Å². The number of anilines is 1. The molecule has 1 fully saturated rings. The molecular weight excluding hydrogens is 270 g/mol. The third kappa shape index (κ3) is 4.21. The van der Waals surface area contributed by atoms with E-state index in [1.807, 2.05) is 0 Å². The van der Waals surface area contributed by atoms with Crippen LogP contribution >= 0.6 is 0 Å². The highest BCUT2D eigenvalue weighted by molar-refractivity contribution is 6.00. The number of hydrogen-bond acceptors (Lipinski definition) is 3. The molecule has 1 saturated carbocycles. The zero-order valence-electron chi connectivity index (χ0n) is 12.2. The Kier molecular flexibility index (Phi) is 5.20. The lowest BCUT2D eigenvalue weighted by Gasteiger charge is -2.21. The molecule has 0 saturated heterocycles. The molecule has 0 bridgehead atoms. The topological polar surface area (TPSA) is 75.6 Å². The van der Waals surface area contributed by atoms with Crippen molar-refractivity contribution in [2.75, 3.05) is 12.4 Å². The molecule has 1 amide bonds. The van der Waals surface area contributed by atoms with Crippen LogP contribution in [0.5, 0.6) is 5.75 Å². The molecule has 2 rings (SSSR count). The predicted octanol–water partition coefficient (Wildman–Crippen LogP) is 3.30. The number of carbonyl (C=O) groups excluding carboxylic acids is 1. The maximum Gasteiger partial charge on any atom is 0.337 e. The molecule has 1 aromatic carbocycles. The lowest BCUT2D eigenvalue weighted by atomic mass is 9.87. The van der Waals surface area contributed by atoms with Gasteiger partial charge in [0.25, 0.3) is 0 Å². The van der Waals surface area contributed by atoms with Gasteiger partial charge in [0.1, 0.15) is 5.75 Å². The molecule has 0 aliphatic heterocycles. The lowest BCUT2D eigenvalue weighted by molar-refractivity contribution is -0.117. The number of benzene rings is 1. The number of carboxylic acid groups (broad SMARTS) is 1. The van der Waals surface area contributed by atoms with E-state index in [0.717, 1.165) is 12.8 Å². The summed E-state index contributed by atoms with van der Waals surface area (Å²) >= 11 is 0. The molecule has 0 unspecified atom stereocenters. The van der Waals surface area contributed by atoms with Crippen molar-refractivity contribution in [3.8, 4) is 5.75 Å². The number of amides is 1. The first-order valence-corrected chi connectivity index (χ1v) is 7.31. The van der Waals surface area contributed by atoms with Gasteiger partial charge in [-0.3, -0.25) is 4.79 Å². The molecule has 0 atom stereocenters. The Morgan fingerprint density at radius 3 is 2.62 bits per heavy atom. The van der Waals surface area contributed by atoms with Gasteiger partial charge in [0, 0.05) is 6.42 Å². The van der Waals surface area contributed by atoms with Crippen LogP contribution in [0.4, 0.5) is 5.69 Å². The van der Waals surface area contributed by atoms with Gasteiger partial charge in [0.2, 0.25) is 5.91 Å². The van der Waals surface area contributed by atoms with Crippen molar-refractivity contribution in [1.82, 2.24) is 0 Å². The molecule has 5 heteroatoms. The lowest BCUT2D eigenvalue weighted by Crippen LogP contribution is -2.19. The first-order valence-electron chi connectivity index (χ1n) is 7.31. The minimum Gasteiger partial charge on any atom is -0.497 e. The van der Waals surface area contributed by atoms with Crippen molar-refractivity contribution in [2.24, 2.45) is 5.92 Å². The Morgan fingerprint density at radius 2 is 2.00 bits per heavy atom. The Hall–Kier alpha value is -2.04. The van der Waals surface area contributed by atoms with Gasteiger partial charge in [-0.2, -0.15) is 0 Å². The molecule has 5 nitrogen and oxygen atoms in total. The first-order chi connectivity index (χ1) is 10.1. The molecule has 114 valence electrons. The summed E-state index contributed by atoms with van der Waals surface area (Å²) in [5.74, 6) is -0.320. The summed E-state index contributed by atoms with van der Waals surface area (Å²) < 4.78 is 5.01. The SMILES string of the molecule is COc1ccc(NC(=O)CC2CCCCC2)c(C(=O)O)c1. The molecule has 0 heterocycles. The van der Waals surface area contributed by atoms with Gasteiger partial charge in [-0.25, -0.2) is 4.79 Å². The molecule has 1 aliphatic carbocycles. The van der Waals surface area contributed by atoms with Gasteiger partial charge >= 0.3 is 5.97 Å². The van der Waals surface area contributed by atoms with Crippen molar-refractivity contribution in [3.05, 3.63) is 23.8 Å². The summed E-state index contributed by atoms with van der Waals surface area (Å²) in [6, 6.07) is 4.63. The third-order valence-electron chi connectivity index (χ3n) is 3.93. The molecular formula is C16H21NO4. The molecule has 1 aliphatic rings. The van der Waals surface area contributed by atoms with E-state index < -0.39 is 5.97 Å². The van der Waals surface area contributed by atoms with E-state index in [4.69, 9.17) is 4.74 Å². The molecule has 0 spiro atoms. The zero-order valence-corrected chi connectivity index (χ0v) is 12.2. The van der Waals surface area contributed by atoms with Crippen molar-refractivity contribution in [2.45, 2.75) is 38.5 Å². The zero-order chi connectivity index (χ0) is 15.2. The maximum atomic E-state index is 12.1. The number of rotatable bonds is 5. The number of aromatic carboxylic acids is 1. The smallest absolute Gasteiger partial charge is 0.337 e. The minimum atomic E-state index is -1.08. The highest BCUT2D eigenvalue weighted by atomic mass is 16.5. The number of ether oxygens (including phenoxy) is 1. The van der Waals surface area contributed by atoms with Crippen LogP contribution in [0.25, 0.3) is 0 Å². The van der Waals surface area contributed by atoms with E-state index in [1.165, 1.54) is 32.4 Å². The van der Waals surface area contributed by atoms with Gasteiger partial charge < -0.3 is 15.2 Å². The van der Waals surface area contributed by atoms with Gasteiger partial charge in [0.15, 0.2) is 0 Å². The van der Waals surface area contributed by atoms with Gasteiger partial charge in [-0.15, -0.1) is 0 Å². The van der Waals surface area contributed by atoms with Crippen molar-refractivity contribution in [1.29, 1.82) is 0 Å².